The van der Waals surface area contributed by atoms with E-state index in [-0.39, 0.29) is 11.8 Å². The third-order valence-corrected chi connectivity index (χ3v) is 5.36. The fourth-order valence-electron chi connectivity index (χ4n) is 3.72. The van der Waals surface area contributed by atoms with E-state index < -0.39 is 0 Å². The smallest absolute Gasteiger partial charge is 0.230 e. The maximum absolute atomic E-state index is 12.2. The molecule has 0 saturated carbocycles. The molecule has 1 saturated heterocycles. The van der Waals surface area contributed by atoms with E-state index in [0.29, 0.717) is 24.7 Å². The highest BCUT2D eigenvalue weighted by molar-refractivity contribution is 5.76. The highest BCUT2D eigenvalue weighted by Gasteiger charge is 2.21. The second-order valence-electron chi connectivity index (χ2n) is 7.56. The first-order chi connectivity index (χ1) is 14.8. The lowest BCUT2D eigenvalue weighted by Gasteiger charge is -2.22. The lowest BCUT2D eigenvalue weighted by atomic mass is 9.99. The minimum atomic E-state index is 0.0805. The van der Waals surface area contributed by atoms with E-state index in [1.54, 1.807) is 24.8 Å². The number of carbonyl (C=O) groups is 1. The van der Waals surface area contributed by atoms with E-state index in [1.165, 1.54) is 5.56 Å². The summed E-state index contributed by atoms with van der Waals surface area (Å²) in [5.74, 6) is 1.37. The number of amides is 1. The van der Waals surface area contributed by atoms with Gasteiger partial charge in [0.05, 0.1) is 0 Å². The van der Waals surface area contributed by atoms with Crippen molar-refractivity contribution in [3.05, 3.63) is 60.5 Å². The molecule has 8 heteroatoms. The Hall–Kier alpha value is -3.13. The summed E-state index contributed by atoms with van der Waals surface area (Å²) in [4.78, 5) is 27.4. The van der Waals surface area contributed by atoms with Crippen LogP contribution in [-0.4, -0.2) is 50.5 Å². The maximum atomic E-state index is 12.2. The summed E-state index contributed by atoms with van der Waals surface area (Å²) in [6.45, 7) is 3.07. The number of aromatic nitrogens is 4. The minimum Gasteiger partial charge on any atom is -0.356 e. The summed E-state index contributed by atoms with van der Waals surface area (Å²) in [6.07, 6.45) is 10.3. The van der Waals surface area contributed by atoms with Crippen LogP contribution in [0.2, 0.25) is 0 Å². The number of nitrogens with zero attached hydrogens (tertiary/aromatic N) is 5. The monoisotopic (exact) mass is 406 g/mol. The molecule has 0 bridgehead atoms. The predicted molar refractivity (Wildman–Crippen MR) is 111 cm³/mol. The van der Waals surface area contributed by atoms with Gasteiger partial charge in [0.25, 0.3) is 0 Å². The minimum absolute atomic E-state index is 0.0805. The number of carbonyl (C=O) groups excluding carboxylic acids is 1. The Morgan fingerprint density at radius 1 is 1.10 bits per heavy atom. The molecule has 4 heterocycles. The van der Waals surface area contributed by atoms with Crippen molar-refractivity contribution in [1.29, 1.82) is 0 Å². The van der Waals surface area contributed by atoms with Crippen LogP contribution in [0.4, 0.5) is 0 Å². The molecular weight excluding hydrogens is 380 g/mol. The van der Waals surface area contributed by atoms with Crippen LogP contribution in [0.15, 0.2) is 53.6 Å². The van der Waals surface area contributed by atoms with Crippen LogP contribution in [-0.2, 0) is 11.3 Å². The van der Waals surface area contributed by atoms with Crippen molar-refractivity contribution in [1.82, 2.24) is 30.3 Å². The van der Waals surface area contributed by atoms with Gasteiger partial charge in [-0.15, -0.1) is 0 Å². The third-order valence-electron chi connectivity index (χ3n) is 5.36. The van der Waals surface area contributed by atoms with Crippen molar-refractivity contribution in [2.75, 3.05) is 19.6 Å². The Kier molecular flexibility index (Phi) is 6.76. The van der Waals surface area contributed by atoms with Gasteiger partial charge in [-0.25, -0.2) is 0 Å². The van der Waals surface area contributed by atoms with Crippen LogP contribution >= 0.6 is 0 Å². The average Bonchev–Trinajstić information content (AvgIpc) is 3.26. The number of nitrogens with one attached hydrogen (secondary N) is 1. The molecule has 1 unspecified atom stereocenters. The molecule has 0 aromatic carbocycles. The van der Waals surface area contributed by atoms with Crippen molar-refractivity contribution in [2.24, 2.45) is 0 Å². The second-order valence-corrected chi connectivity index (χ2v) is 7.56. The molecule has 1 aliphatic heterocycles. The van der Waals surface area contributed by atoms with Crippen LogP contribution in [0.5, 0.6) is 0 Å². The molecule has 3 aromatic heterocycles. The van der Waals surface area contributed by atoms with Crippen LogP contribution in [0, 0.1) is 0 Å². The van der Waals surface area contributed by atoms with Gasteiger partial charge in [0.2, 0.25) is 17.6 Å². The first kappa shape index (κ1) is 20.2. The second kappa shape index (κ2) is 10.1. The maximum Gasteiger partial charge on any atom is 0.230 e. The predicted octanol–water partition coefficient (Wildman–Crippen LogP) is 2.80. The molecule has 1 aliphatic rings. The number of hydrogen-bond donors (Lipinski definition) is 1. The number of hydrogen-bond acceptors (Lipinski definition) is 7. The fraction of sp³-hybridized carbons (Fsp3) is 0.409. The Balaban J connectivity index is 1.44. The van der Waals surface area contributed by atoms with Gasteiger partial charge >= 0.3 is 0 Å². The normalized spacial score (nSPS) is 19.1. The van der Waals surface area contributed by atoms with Crippen molar-refractivity contribution in [2.45, 2.75) is 38.1 Å². The van der Waals surface area contributed by atoms with E-state index in [0.717, 1.165) is 44.5 Å². The van der Waals surface area contributed by atoms with Gasteiger partial charge in [-0.1, -0.05) is 5.16 Å². The summed E-state index contributed by atoms with van der Waals surface area (Å²) >= 11 is 0. The highest BCUT2D eigenvalue weighted by Crippen LogP contribution is 2.26. The van der Waals surface area contributed by atoms with Crippen molar-refractivity contribution in [3.8, 4) is 11.4 Å². The lowest BCUT2D eigenvalue weighted by molar-refractivity contribution is -0.121. The Morgan fingerprint density at radius 2 is 2.00 bits per heavy atom. The zero-order valence-electron chi connectivity index (χ0n) is 16.9. The molecule has 0 spiro atoms. The van der Waals surface area contributed by atoms with Gasteiger partial charge in [-0.05, 0) is 55.6 Å². The Bertz CT molecular complexity index is 931. The van der Waals surface area contributed by atoms with Gasteiger partial charge in [0.15, 0.2) is 0 Å². The first-order valence-corrected chi connectivity index (χ1v) is 10.4. The van der Waals surface area contributed by atoms with E-state index in [4.69, 9.17) is 4.52 Å². The van der Waals surface area contributed by atoms with Crippen molar-refractivity contribution < 1.29 is 9.32 Å². The van der Waals surface area contributed by atoms with Crippen LogP contribution < -0.4 is 5.32 Å². The average molecular weight is 406 g/mol. The number of pyridine rings is 2. The van der Waals surface area contributed by atoms with E-state index in [9.17, 15) is 4.79 Å². The number of rotatable bonds is 4. The molecule has 0 radical (unpaired) electrons. The molecule has 0 aliphatic carbocycles. The molecule has 3 aromatic rings. The Labute approximate surface area is 175 Å². The van der Waals surface area contributed by atoms with Crippen LogP contribution in [0.1, 0.15) is 43.1 Å². The van der Waals surface area contributed by atoms with Gasteiger partial charge < -0.3 is 9.84 Å². The molecule has 4 rings (SSSR count). The first-order valence-electron chi connectivity index (χ1n) is 10.4. The molecule has 1 amide bonds. The summed E-state index contributed by atoms with van der Waals surface area (Å²) in [5, 5.41) is 7.16. The molecule has 1 fully saturated rings. The van der Waals surface area contributed by atoms with Crippen molar-refractivity contribution >= 4 is 5.91 Å². The highest BCUT2D eigenvalue weighted by atomic mass is 16.5. The molecule has 1 N–H and O–H groups in total. The fourth-order valence-corrected chi connectivity index (χ4v) is 3.72. The van der Waals surface area contributed by atoms with Crippen LogP contribution in [0.3, 0.4) is 0 Å². The summed E-state index contributed by atoms with van der Waals surface area (Å²) < 4.78 is 5.59. The van der Waals surface area contributed by atoms with E-state index in [2.05, 4.69) is 30.3 Å². The zero-order valence-corrected chi connectivity index (χ0v) is 16.9. The van der Waals surface area contributed by atoms with Crippen LogP contribution in [0.25, 0.3) is 11.4 Å². The molecular formula is C22H26N6O2. The largest absolute Gasteiger partial charge is 0.356 e. The van der Waals surface area contributed by atoms with Gasteiger partial charge in [0.1, 0.15) is 0 Å². The summed E-state index contributed by atoms with van der Waals surface area (Å²) in [7, 11) is 0. The Morgan fingerprint density at radius 3 is 2.83 bits per heavy atom. The van der Waals surface area contributed by atoms with E-state index in [1.807, 2.05) is 24.3 Å². The summed E-state index contributed by atoms with van der Waals surface area (Å²) in [6, 6.07) is 7.81. The van der Waals surface area contributed by atoms with Gasteiger partial charge in [0, 0.05) is 62.3 Å². The van der Waals surface area contributed by atoms with Gasteiger partial charge in [-0.3, -0.25) is 19.7 Å². The SMILES string of the molecule is O=C1CCN(Cc2ccncc2)CCCC(c2nc(-c3cccnc3)no2)CCN1. The molecule has 30 heavy (non-hydrogen) atoms. The van der Waals surface area contributed by atoms with Gasteiger partial charge in [-0.2, -0.15) is 4.98 Å². The quantitative estimate of drug-likeness (QED) is 0.711. The topological polar surface area (TPSA) is 97.0 Å². The third kappa shape index (κ3) is 5.48. The molecule has 156 valence electrons. The van der Waals surface area contributed by atoms with E-state index >= 15 is 0 Å². The molecule has 8 nitrogen and oxygen atoms in total. The van der Waals surface area contributed by atoms with Crippen molar-refractivity contribution in [3.63, 3.8) is 0 Å². The zero-order chi connectivity index (χ0) is 20.6. The summed E-state index contributed by atoms with van der Waals surface area (Å²) in [5.41, 5.74) is 2.04. The molecule has 1 atom stereocenters. The lowest BCUT2D eigenvalue weighted by Crippen LogP contribution is -2.31. The standard InChI is InChI=1S/C22H26N6O2/c29-20-8-14-28(16-17-5-10-23-11-6-17)13-2-4-18(7-12-25-20)22-26-21(27-30-22)19-3-1-9-24-15-19/h1,3,5-6,9-11,15,18H,2,4,7-8,12-14,16H2,(H,25,29).